The number of nitrogens with one attached hydrogen (secondary N) is 1. The second kappa shape index (κ2) is 3.45. The number of carbonyl (C=O) groups is 1. The van der Waals surface area contributed by atoms with Crippen LogP contribution in [0.4, 0.5) is 10.5 Å². The lowest BCUT2D eigenvalue weighted by atomic mass is 10.3. The van der Waals surface area contributed by atoms with Crippen LogP contribution in [0.1, 0.15) is 0 Å². The number of nitrogens with zero attached hydrogens (tertiary/aromatic N) is 2. The highest BCUT2D eigenvalue weighted by Gasteiger charge is 2.06. The van der Waals surface area contributed by atoms with Crippen molar-refractivity contribution in [2.75, 3.05) is 5.32 Å². The molecule has 1 amide bonds. The molecular weight excluding hydrogens is 297 g/mol. The van der Waals surface area contributed by atoms with Gasteiger partial charge in [0.05, 0.1) is 17.4 Å². The third-order valence-electron chi connectivity index (χ3n) is 1.75. The van der Waals surface area contributed by atoms with Crippen molar-refractivity contribution in [2.45, 2.75) is 0 Å². The molecule has 0 spiro atoms. The zero-order valence-corrected chi connectivity index (χ0v) is 9.09. The van der Waals surface area contributed by atoms with Gasteiger partial charge in [-0.05, 0) is 40.8 Å². The fraction of sp³-hybridized carbons (Fsp3) is 0. The second-order valence-corrected chi connectivity index (χ2v) is 3.73. The van der Waals surface area contributed by atoms with Crippen LogP contribution >= 0.6 is 22.6 Å². The van der Waals surface area contributed by atoms with E-state index in [9.17, 15) is 4.79 Å². The molecule has 5 nitrogen and oxygen atoms in total. The Labute approximate surface area is 92.9 Å². The Morgan fingerprint density at radius 3 is 3.00 bits per heavy atom. The van der Waals surface area contributed by atoms with Gasteiger partial charge >= 0.3 is 6.09 Å². The van der Waals surface area contributed by atoms with Crippen LogP contribution in [0.2, 0.25) is 0 Å². The van der Waals surface area contributed by atoms with Gasteiger partial charge in [0.1, 0.15) is 3.70 Å². The lowest BCUT2D eigenvalue weighted by Crippen LogP contribution is -2.08. The summed E-state index contributed by atoms with van der Waals surface area (Å²) in [6, 6.07) is 5.27. The fourth-order valence-electron chi connectivity index (χ4n) is 1.21. The second-order valence-electron chi connectivity index (χ2n) is 2.63. The van der Waals surface area contributed by atoms with Crippen LogP contribution in [0.3, 0.4) is 0 Å². The van der Waals surface area contributed by atoms with Gasteiger partial charge in [-0.1, -0.05) is 0 Å². The maximum absolute atomic E-state index is 10.5. The van der Waals surface area contributed by atoms with E-state index in [1.54, 1.807) is 28.9 Å². The van der Waals surface area contributed by atoms with Crippen LogP contribution in [-0.4, -0.2) is 20.8 Å². The molecule has 0 aliphatic heterocycles. The first-order valence-corrected chi connectivity index (χ1v) is 4.88. The summed E-state index contributed by atoms with van der Waals surface area (Å²) < 4.78 is 2.60. The minimum absolute atomic E-state index is 0.537. The molecule has 2 aromatic rings. The topological polar surface area (TPSA) is 66.6 Å². The van der Waals surface area contributed by atoms with E-state index in [2.05, 4.69) is 33.0 Å². The Kier molecular flexibility index (Phi) is 2.28. The number of amides is 1. The highest BCUT2D eigenvalue weighted by molar-refractivity contribution is 14.1. The number of rotatable bonds is 1. The minimum Gasteiger partial charge on any atom is -0.465 e. The molecule has 2 heterocycles. The highest BCUT2D eigenvalue weighted by Crippen LogP contribution is 2.19. The molecule has 0 atom stereocenters. The molecular formula is C8H6IN3O2. The van der Waals surface area contributed by atoms with Crippen molar-refractivity contribution in [3.05, 3.63) is 28.1 Å². The fourth-order valence-corrected chi connectivity index (χ4v) is 1.77. The predicted molar refractivity (Wildman–Crippen MR) is 59.6 cm³/mol. The summed E-state index contributed by atoms with van der Waals surface area (Å²) >= 11 is 2.13. The van der Waals surface area contributed by atoms with Crippen molar-refractivity contribution < 1.29 is 9.90 Å². The van der Waals surface area contributed by atoms with Crippen molar-refractivity contribution in [2.24, 2.45) is 0 Å². The number of carboxylic acid groups (broad SMARTS) is 1. The highest BCUT2D eigenvalue weighted by atomic mass is 127. The standard InChI is InChI=1S/C8H6IN3O2/c9-7-2-1-5(11-8(13)14)6-3-4-10-12(6)7/h1-4,11H,(H,13,14). The third kappa shape index (κ3) is 1.52. The number of anilines is 1. The predicted octanol–water partition coefficient (Wildman–Crippen LogP) is 2.03. The Morgan fingerprint density at radius 2 is 2.29 bits per heavy atom. The quantitative estimate of drug-likeness (QED) is 0.626. The summed E-state index contributed by atoms with van der Waals surface area (Å²) in [5.74, 6) is 0. The van der Waals surface area contributed by atoms with Crippen molar-refractivity contribution in [1.29, 1.82) is 0 Å². The zero-order chi connectivity index (χ0) is 10.1. The van der Waals surface area contributed by atoms with Crippen LogP contribution in [0.5, 0.6) is 0 Å². The Bertz CT molecular complexity index is 494. The normalized spacial score (nSPS) is 10.4. The summed E-state index contributed by atoms with van der Waals surface area (Å²) in [6.45, 7) is 0. The molecule has 2 aromatic heterocycles. The van der Waals surface area contributed by atoms with Gasteiger partial charge in [-0.2, -0.15) is 5.10 Å². The first kappa shape index (κ1) is 9.25. The van der Waals surface area contributed by atoms with Crippen LogP contribution in [0, 0.1) is 3.70 Å². The molecule has 0 aromatic carbocycles. The molecule has 6 heteroatoms. The molecule has 0 bridgehead atoms. The number of halogens is 1. The molecule has 14 heavy (non-hydrogen) atoms. The number of hydrogen-bond acceptors (Lipinski definition) is 2. The van der Waals surface area contributed by atoms with E-state index >= 15 is 0 Å². The van der Waals surface area contributed by atoms with Gasteiger partial charge < -0.3 is 5.11 Å². The van der Waals surface area contributed by atoms with E-state index in [1.165, 1.54) is 0 Å². The van der Waals surface area contributed by atoms with Crippen molar-refractivity contribution in [3.63, 3.8) is 0 Å². The average molecular weight is 303 g/mol. The minimum atomic E-state index is -1.07. The monoisotopic (exact) mass is 303 g/mol. The number of fused-ring (bicyclic) bond motifs is 1. The largest absolute Gasteiger partial charge is 0.465 e. The molecule has 0 fully saturated rings. The van der Waals surface area contributed by atoms with Gasteiger partial charge in [0.15, 0.2) is 0 Å². The summed E-state index contributed by atoms with van der Waals surface area (Å²) in [6.07, 6.45) is 0.555. The summed E-state index contributed by atoms with van der Waals surface area (Å²) in [7, 11) is 0. The van der Waals surface area contributed by atoms with Gasteiger partial charge in [0.25, 0.3) is 0 Å². The van der Waals surface area contributed by atoms with E-state index in [0.29, 0.717) is 5.69 Å². The molecule has 0 saturated carbocycles. The molecule has 0 radical (unpaired) electrons. The number of hydrogen-bond donors (Lipinski definition) is 2. The smallest absolute Gasteiger partial charge is 0.409 e. The van der Waals surface area contributed by atoms with Gasteiger partial charge in [-0.15, -0.1) is 0 Å². The molecule has 2 N–H and O–H groups in total. The number of pyridine rings is 1. The first-order chi connectivity index (χ1) is 6.68. The van der Waals surface area contributed by atoms with Crippen molar-refractivity contribution in [3.8, 4) is 0 Å². The zero-order valence-electron chi connectivity index (χ0n) is 6.94. The molecule has 2 rings (SSSR count). The maximum atomic E-state index is 10.5. The van der Waals surface area contributed by atoms with Crippen LogP contribution in [-0.2, 0) is 0 Å². The van der Waals surface area contributed by atoms with E-state index in [4.69, 9.17) is 5.11 Å². The molecule has 0 aliphatic carbocycles. The summed E-state index contributed by atoms with van der Waals surface area (Å²) in [5, 5.41) is 15.0. The lowest BCUT2D eigenvalue weighted by molar-refractivity contribution is 0.210. The van der Waals surface area contributed by atoms with Gasteiger partial charge in [0, 0.05) is 0 Å². The van der Waals surface area contributed by atoms with E-state index < -0.39 is 6.09 Å². The van der Waals surface area contributed by atoms with Crippen LogP contribution in [0.25, 0.3) is 5.52 Å². The van der Waals surface area contributed by atoms with Gasteiger partial charge in [-0.25, -0.2) is 9.31 Å². The van der Waals surface area contributed by atoms with E-state index in [1.807, 2.05) is 0 Å². The molecule has 72 valence electrons. The first-order valence-electron chi connectivity index (χ1n) is 3.80. The van der Waals surface area contributed by atoms with Crippen LogP contribution in [0.15, 0.2) is 24.4 Å². The molecule has 0 unspecified atom stereocenters. The van der Waals surface area contributed by atoms with Crippen molar-refractivity contribution in [1.82, 2.24) is 9.61 Å². The summed E-state index contributed by atoms with van der Waals surface area (Å²) in [4.78, 5) is 10.5. The lowest BCUT2D eigenvalue weighted by Gasteiger charge is -2.04. The molecule has 0 saturated heterocycles. The Balaban J connectivity index is 2.60. The van der Waals surface area contributed by atoms with E-state index in [0.717, 1.165) is 9.22 Å². The average Bonchev–Trinajstić information content (AvgIpc) is 2.58. The SMILES string of the molecule is O=C(O)Nc1ccc(I)n2nccc12. The molecule has 0 aliphatic rings. The number of aromatic nitrogens is 2. The summed E-state index contributed by atoms with van der Waals surface area (Å²) in [5.41, 5.74) is 1.29. The maximum Gasteiger partial charge on any atom is 0.409 e. The third-order valence-corrected chi connectivity index (χ3v) is 2.57. The van der Waals surface area contributed by atoms with Crippen LogP contribution < -0.4 is 5.32 Å². The van der Waals surface area contributed by atoms with E-state index in [-0.39, 0.29) is 0 Å². The Hall–Kier alpha value is -1.31. The van der Waals surface area contributed by atoms with Gasteiger partial charge in [0.2, 0.25) is 0 Å². The van der Waals surface area contributed by atoms with Gasteiger partial charge in [-0.3, -0.25) is 5.32 Å². The van der Waals surface area contributed by atoms with Crippen molar-refractivity contribution >= 4 is 39.9 Å². The Morgan fingerprint density at radius 1 is 1.50 bits per heavy atom.